The van der Waals surface area contributed by atoms with Crippen LogP contribution in [-0.4, -0.2) is 38.0 Å². The van der Waals surface area contributed by atoms with Crippen molar-refractivity contribution in [3.8, 4) is 0 Å². The molecule has 2 aromatic carbocycles. The molecule has 2 atom stereocenters. The van der Waals surface area contributed by atoms with Crippen molar-refractivity contribution in [1.82, 2.24) is 5.32 Å². The Morgan fingerprint density at radius 3 is 1.21 bits per heavy atom. The normalized spacial score (nSPS) is 18.8. The molecule has 5 nitrogen and oxygen atoms in total. The number of carbonyl (C=O) groups is 2. The fourth-order valence-electron chi connectivity index (χ4n) is 3.14. The van der Waals surface area contributed by atoms with Gasteiger partial charge in [0.25, 0.3) is 11.8 Å². The van der Waals surface area contributed by atoms with Crippen LogP contribution in [0.5, 0.6) is 0 Å². The summed E-state index contributed by atoms with van der Waals surface area (Å²) in [5.41, 5.74) is 1.04. The number of hydrogen-bond acceptors (Lipinski definition) is 4. The number of nitrogens with one attached hydrogen (secondary N) is 1. The Hall–Kier alpha value is -1.08. The van der Waals surface area contributed by atoms with Crippen LogP contribution in [0, 0.1) is 0 Å². The molecule has 0 radical (unpaired) electrons. The number of halogens is 6. The summed E-state index contributed by atoms with van der Waals surface area (Å²) in [6, 6.07) is 4.51. The highest BCUT2D eigenvalue weighted by Gasteiger charge is 2.47. The van der Waals surface area contributed by atoms with Crippen molar-refractivity contribution in [3.05, 3.63) is 54.4 Å². The van der Waals surface area contributed by atoms with E-state index in [0.717, 1.165) is 0 Å². The van der Waals surface area contributed by atoms with E-state index in [0.29, 0.717) is 11.4 Å². The number of imide groups is 1. The van der Waals surface area contributed by atoms with Crippen LogP contribution in [0.25, 0.3) is 0 Å². The SMILES string of the molecule is CN(c1cc(Cl)c(Cl)c(Cl)c1)C1C(=O)NC(=O)C1N(C)c1cc(Cl)c(Cl)c(Cl)c1. The molecule has 29 heavy (non-hydrogen) atoms. The summed E-state index contributed by atoms with van der Waals surface area (Å²) in [5, 5.41) is 3.68. The molecule has 1 saturated heterocycles. The number of amides is 2. The average Bonchev–Trinajstić information content (AvgIpc) is 2.95. The minimum atomic E-state index is -0.881. The monoisotopic (exact) mass is 513 g/mol. The number of rotatable bonds is 4. The van der Waals surface area contributed by atoms with E-state index in [9.17, 15) is 9.59 Å². The molecule has 1 fully saturated rings. The summed E-state index contributed by atoms with van der Waals surface area (Å²) in [4.78, 5) is 28.4. The first-order valence-corrected chi connectivity index (χ1v) is 10.4. The smallest absolute Gasteiger partial charge is 0.252 e. The predicted molar refractivity (Wildman–Crippen MR) is 120 cm³/mol. The van der Waals surface area contributed by atoms with E-state index in [1.165, 1.54) is 0 Å². The highest BCUT2D eigenvalue weighted by molar-refractivity contribution is 6.49. The van der Waals surface area contributed by atoms with Crippen molar-refractivity contribution in [2.24, 2.45) is 0 Å². The zero-order chi connectivity index (χ0) is 21.6. The molecule has 3 rings (SSSR count). The molecule has 1 heterocycles. The third kappa shape index (κ3) is 4.22. The van der Waals surface area contributed by atoms with Crippen LogP contribution in [0.3, 0.4) is 0 Å². The van der Waals surface area contributed by atoms with Crippen LogP contribution < -0.4 is 15.1 Å². The highest BCUT2D eigenvalue weighted by Crippen LogP contribution is 2.38. The van der Waals surface area contributed by atoms with Gasteiger partial charge in [0.1, 0.15) is 12.1 Å². The van der Waals surface area contributed by atoms with Gasteiger partial charge in [0, 0.05) is 25.5 Å². The fraction of sp³-hybridized carbons (Fsp3) is 0.222. The third-order valence-corrected chi connectivity index (χ3v) is 7.06. The van der Waals surface area contributed by atoms with Crippen molar-refractivity contribution >= 4 is 92.8 Å². The third-order valence-electron chi connectivity index (χ3n) is 4.67. The van der Waals surface area contributed by atoms with Gasteiger partial charge < -0.3 is 9.80 Å². The molecule has 0 spiro atoms. The van der Waals surface area contributed by atoms with E-state index in [1.807, 2.05) is 0 Å². The van der Waals surface area contributed by atoms with Crippen LogP contribution in [0.4, 0.5) is 11.4 Å². The lowest BCUT2D eigenvalue weighted by Crippen LogP contribution is -2.52. The highest BCUT2D eigenvalue weighted by atomic mass is 35.5. The van der Waals surface area contributed by atoms with Gasteiger partial charge in [-0.15, -0.1) is 0 Å². The van der Waals surface area contributed by atoms with Gasteiger partial charge in [0.05, 0.1) is 30.1 Å². The number of nitrogens with zero attached hydrogens (tertiary/aromatic N) is 2. The number of anilines is 2. The molecule has 11 heteroatoms. The lowest BCUT2D eigenvalue weighted by molar-refractivity contribution is -0.125. The number of hydrogen-bond donors (Lipinski definition) is 1. The molecule has 2 aromatic rings. The maximum atomic E-state index is 12.6. The largest absolute Gasteiger partial charge is 0.360 e. The summed E-state index contributed by atoms with van der Waals surface area (Å²) in [5.74, 6) is -0.939. The molecule has 154 valence electrons. The van der Waals surface area contributed by atoms with Crippen molar-refractivity contribution in [3.63, 3.8) is 0 Å². The molecule has 1 aliphatic rings. The van der Waals surface area contributed by atoms with Crippen molar-refractivity contribution in [2.75, 3.05) is 23.9 Å². The minimum absolute atomic E-state index is 0.205. The van der Waals surface area contributed by atoms with Gasteiger partial charge in [-0.2, -0.15) is 0 Å². The summed E-state index contributed by atoms with van der Waals surface area (Å²) >= 11 is 36.5. The molecule has 0 bridgehead atoms. The van der Waals surface area contributed by atoms with Crippen molar-refractivity contribution in [1.29, 1.82) is 0 Å². The molecular weight excluding hydrogens is 503 g/mol. The van der Waals surface area contributed by atoms with Gasteiger partial charge in [-0.1, -0.05) is 69.6 Å². The zero-order valence-electron chi connectivity index (χ0n) is 14.9. The molecule has 1 aliphatic heterocycles. The second-order valence-electron chi connectivity index (χ2n) is 6.41. The van der Waals surface area contributed by atoms with E-state index in [1.54, 1.807) is 48.2 Å². The fourth-order valence-corrected chi connectivity index (χ4v) is 4.31. The van der Waals surface area contributed by atoms with Gasteiger partial charge in [-0.3, -0.25) is 14.9 Å². The molecule has 0 saturated carbocycles. The van der Waals surface area contributed by atoms with Crippen LogP contribution in [0.2, 0.25) is 30.1 Å². The first-order chi connectivity index (χ1) is 13.5. The van der Waals surface area contributed by atoms with Gasteiger partial charge in [-0.25, -0.2) is 0 Å². The van der Waals surface area contributed by atoms with Crippen molar-refractivity contribution < 1.29 is 9.59 Å². The molecule has 0 aromatic heterocycles. The molecule has 2 unspecified atom stereocenters. The van der Waals surface area contributed by atoms with Gasteiger partial charge in [0.15, 0.2) is 0 Å². The van der Waals surface area contributed by atoms with Crippen LogP contribution in [0.1, 0.15) is 0 Å². The number of likely N-dealkylation sites (N-methyl/N-ethyl adjacent to an activating group) is 2. The summed E-state index contributed by atoms with van der Waals surface area (Å²) in [6.45, 7) is 0. The van der Waals surface area contributed by atoms with Gasteiger partial charge in [0.2, 0.25) is 0 Å². The van der Waals surface area contributed by atoms with E-state index < -0.39 is 23.9 Å². The average molecular weight is 516 g/mol. The summed E-state index contributed by atoms with van der Waals surface area (Å²) in [6.07, 6.45) is 0. The molecule has 2 amide bonds. The van der Waals surface area contributed by atoms with Crippen LogP contribution >= 0.6 is 69.6 Å². The number of benzene rings is 2. The molecular formula is C18H13Cl6N3O2. The Bertz CT molecular complexity index is 890. The topological polar surface area (TPSA) is 52.7 Å². The maximum absolute atomic E-state index is 12.6. The Labute approximate surface area is 197 Å². The van der Waals surface area contributed by atoms with E-state index in [-0.39, 0.29) is 30.1 Å². The van der Waals surface area contributed by atoms with Gasteiger partial charge >= 0.3 is 0 Å². The van der Waals surface area contributed by atoms with E-state index >= 15 is 0 Å². The maximum Gasteiger partial charge on any atom is 0.252 e. The summed E-state index contributed by atoms with van der Waals surface area (Å²) < 4.78 is 0. The Kier molecular flexibility index (Phi) is 6.68. The van der Waals surface area contributed by atoms with Crippen molar-refractivity contribution in [2.45, 2.75) is 12.1 Å². The Morgan fingerprint density at radius 2 is 0.931 bits per heavy atom. The quantitative estimate of drug-likeness (QED) is 0.427. The standard InChI is InChI=1S/C18H13Cl6N3O2/c1-26(7-3-9(19)13(23)10(20)4-7)15-16(18(29)25-17(15)28)27(2)8-5-11(21)14(24)12(22)6-8/h3-6,15-16H,1-2H3,(H,25,28,29). The molecule has 0 aliphatic carbocycles. The second-order valence-corrected chi connectivity index (χ2v) is 8.80. The van der Waals surface area contributed by atoms with Gasteiger partial charge in [-0.05, 0) is 24.3 Å². The molecule has 1 N–H and O–H groups in total. The van der Waals surface area contributed by atoms with E-state index in [2.05, 4.69) is 5.32 Å². The first kappa shape index (κ1) is 22.6. The lowest BCUT2D eigenvalue weighted by atomic mass is 10.1. The lowest BCUT2D eigenvalue weighted by Gasteiger charge is -2.34. The predicted octanol–water partition coefficient (Wildman–Crippen LogP) is 5.57. The second kappa shape index (κ2) is 8.58. The summed E-state index contributed by atoms with van der Waals surface area (Å²) in [7, 11) is 3.31. The van der Waals surface area contributed by atoms with E-state index in [4.69, 9.17) is 69.6 Å². The number of carbonyl (C=O) groups excluding carboxylic acids is 2. The Balaban J connectivity index is 2.01. The first-order valence-electron chi connectivity index (χ1n) is 8.12. The Morgan fingerprint density at radius 1 is 0.655 bits per heavy atom. The minimum Gasteiger partial charge on any atom is -0.360 e. The van der Waals surface area contributed by atoms with Crippen LogP contribution in [0.15, 0.2) is 24.3 Å². The van der Waals surface area contributed by atoms with Crippen LogP contribution in [-0.2, 0) is 9.59 Å². The zero-order valence-corrected chi connectivity index (χ0v) is 19.5.